The molecule has 0 saturated heterocycles. The molecule has 0 heterocycles. The zero-order chi connectivity index (χ0) is 22.5. The standard InChI is InChI=1S/C22H29N5O3/c1-13-18(23)10-16(22(2,3)4)11-19(13)27-20(29)15-7-14(12-28)8-17(9-15)30-6-5-26-21(24)25/h7-12H,5-6,23H2,1-4H3,(H,27,29)(H4,24,25,26). The van der Waals surface area contributed by atoms with Crippen molar-refractivity contribution in [3.8, 4) is 5.75 Å². The van der Waals surface area contributed by atoms with E-state index in [1.165, 1.54) is 6.07 Å². The smallest absolute Gasteiger partial charge is 0.255 e. The van der Waals surface area contributed by atoms with Gasteiger partial charge in [0.1, 0.15) is 18.6 Å². The molecule has 8 heteroatoms. The van der Waals surface area contributed by atoms with Crippen LogP contribution in [0, 0.1) is 6.92 Å². The maximum atomic E-state index is 12.9. The molecule has 0 fully saturated rings. The van der Waals surface area contributed by atoms with Crippen molar-refractivity contribution in [2.75, 3.05) is 24.2 Å². The molecule has 0 aliphatic heterocycles. The van der Waals surface area contributed by atoms with Crippen LogP contribution in [0.4, 0.5) is 11.4 Å². The Kier molecular flexibility index (Phi) is 7.05. The largest absolute Gasteiger partial charge is 0.492 e. The summed E-state index contributed by atoms with van der Waals surface area (Å²) in [5.74, 6) is -0.0380. The first kappa shape index (κ1) is 22.7. The van der Waals surface area contributed by atoms with Gasteiger partial charge in [-0.15, -0.1) is 0 Å². The van der Waals surface area contributed by atoms with Gasteiger partial charge in [-0.05, 0) is 53.8 Å². The fourth-order valence-corrected chi connectivity index (χ4v) is 2.74. The molecule has 0 saturated carbocycles. The van der Waals surface area contributed by atoms with Gasteiger partial charge in [0.25, 0.3) is 5.91 Å². The number of benzene rings is 2. The summed E-state index contributed by atoms with van der Waals surface area (Å²) in [6.07, 6.45) is 0.656. The first-order valence-electron chi connectivity index (χ1n) is 9.51. The third-order valence-corrected chi connectivity index (χ3v) is 4.54. The zero-order valence-electron chi connectivity index (χ0n) is 17.8. The average Bonchev–Trinajstić information content (AvgIpc) is 2.67. The van der Waals surface area contributed by atoms with E-state index in [4.69, 9.17) is 21.9 Å². The van der Waals surface area contributed by atoms with Crippen molar-refractivity contribution >= 4 is 29.5 Å². The molecule has 1 amide bonds. The summed E-state index contributed by atoms with van der Waals surface area (Å²) < 4.78 is 5.57. The number of anilines is 2. The number of hydrogen-bond acceptors (Lipinski definition) is 5. The van der Waals surface area contributed by atoms with Crippen LogP contribution < -0.4 is 27.3 Å². The Morgan fingerprint density at radius 1 is 1.17 bits per heavy atom. The van der Waals surface area contributed by atoms with Crippen molar-refractivity contribution in [3.05, 3.63) is 52.6 Å². The highest BCUT2D eigenvalue weighted by molar-refractivity contribution is 6.06. The summed E-state index contributed by atoms with van der Waals surface area (Å²) in [6.45, 7) is 8.52. The average molecular weight is 412 g/mol. The minimum Gasteiger partial charge on any atom is -0.492 e. The van der Waals surface area contributed by atoms with Crippen LogP contribution >= 0.6 is 0 Å². The number of guanidine groups is 1. The molecule has 2 aromatic carbocycles. The predicted octanol–water partition coefficient (Wildman–Crippen LogP) is 2.59. The first-order valence-corrected chi connectivity index (χ1v) is 9.51. The van der Waals surface area contributed by atoms with E-state index in [1.807, 2.05) is 19.1 Å². The van der Waals surface area contributed by atoms with Crippen molar-refractivity contribution in [1.29, 1.82) is 0 Å². The highest BCUT2D eigenvalue weighted by atomic mass is 16.5. The van der Waals surface area contributed by atoms with Crippen LogP contribution in [0.3, 0.4) is 0 Å². The minimum atomic E-state index is -0.374. The van der Waals surface area contributed by atoms with E-state index in [1.54, 1.807) is 12.1 Å². The van der Waals surface area contributed by atoms with Crippen molar-refractivity contribution in [2.45, 2.75) is 33.1 Å². The summed E-state index contributed by atoms with van der Waals surface area (Å²) in [7, 11) is 0. The molecule has 0 spiro atoms. The van der Waals surface area contributed by atoms with E-state index in [-0.39, 0.29) is 36.0 Å². The van der Waals surface area contributed by atoms with E-state index >= 15 is 0 Å². The van der Waals surface area contributed by atoms with Crippen LogP contribution in [-0.4, -0.2) is 31.3 Å². The van der Waals surface area contributed by atoms with Crippen molar-refractivity contribution in [3.63, 3.8) is 0 Å². The molecule has 0 atom stereocenters. The summed E-state index contributed by atoms with van der Waals surface area (Å²) in [4.78, 5) is 28.0. The molecular weight excluding hydrogens is 382 g/mol. The van der Waals surface area contributed by atoms with Crippen molar-refractivity contribution < 1.29 is 14.3 Å². The number of nitrogens with zero attached hydrogens (tertiary/aromatic N) is 1. The number of aldehydes is 1. The zero-order valence-corrected chi connectivity index (χ0v) is 17.8. The van der Waals surface area contributed by atoms with Gasteiger partial charge in [-0.25, -0.2) is 0 Å². The van der Waals surface area contributed by atoms with Crippen molar-refractivity contribution in [2.24, 2.45) is 16.5 Å². The van der Waals surface area contributed by atoms with Gasteiger partial charge in [0.05, 0.1) is 6.54 Å². The fraction of sp³-hybridized carbons (Fsp3) is 0.318. The maximum absolute atomic E-state index is 12.9. The highest BCUT2D eigenvalue weighted by Gasteiger charge is 2.18. The number of hydrogen-bond donors (Lipinski definition) is 4. The summed E-state index contributed by atoms with van der Waals surface area (Å²) >= 11 is 0. The van der Waals surface area contributed by atoms with Crippen LogP contribution in [0.5, 0.6) is 5.75 Å². The molecule has 30 heavy (non-hydrogen) atoms. The molecule has 2 aromatic rings. The van der Waals surface area contributed by atoms with E-state index in [0.717, 1.165) is 11.1 Å². The Balaban J connectivity index is 2.28. The lowest BCUT2D eigenvalue weighted by Crippen LogP contribution is -2.23. The summed E-state index contributed by atoms with van der Waals surface area (Å²) in [5.41, 5.74) is 20.2. The Morgan fingerprint density at radius 3 is 2.47 bits per heavy atom. The molecule has 7 N–H and O–H groups in total. The summed E-state index contributed by atoms with van der Waals surface area (Å²) in [6, 6.07) is 8.44. The number of carbonyl (C=O) groups excluding carboxylic acids is 2. The highest BCUT2D eigenvalue weighted by Crippen LogP contribution is 2.31. The van der Waals surface area contributed by atoms with Crippen LogP contribution in [0.15, 0.2) is 35.3 Å². The normalized spacial score (nSPS) is 10.9. The molecule has 160 valence electrons. The third kappa shape index (κ3) is 5.97. The lowest BCUT2D eigenvalue weighted by Gasteiger charge is -2.22. The first-order chi connectivity index (χ1) is 14.0. The predicted molar refractivity (Wildman–Crippen MR) is 120 cm³/mol. The van der Waals surface area contributed by atoms with Gasteiger partial charge >= 0.3 is 0 Å². The van der Waals surface area contributed by atoms with Gasteiger partial charge in [-0.3, -0.25) is 14.6 Å². The lowest BCUT2D eigenvalue weighted by atomic mass is 9.85. The summed E-state index contributed by atoms with van der Waals surface area (Å²) in [5, 5.41) is 2.90. The lowest BCUT2D eigenvalue weighted by molar-refractivity contribution is 0.102. The molecule has 0 bridgehead atoms. The number of ether oxygens (including phenoxy) is 1. The monoisotopic (exact) mass is 411 g/mol. The number of rotatable bonds is 7. The molecule has 8 nitrogen and oxygen atoms in total. The van der Waals surface area contributed by atoms with Gasteiger partial charge in [-0.1, -0.05) is 20.8 Å². The number of nitrogens with two attached hydrogens (primary N) is 3. The second kappa shape index (κ2) is 9.30. The van der Waals surface area contributed by atoms with E-state index in [9.17, 15) is 9.59 Å². The van der Waals surface area contributed by atoms with Crippen LogP contribution in [0.1, 0.15) is 52.6 Å². The van der Waals surface area contributed by atoms with Gasteiger partial charge in [0, 0.05) is 22.5 Å². The Hall–Kier alpha value is -3.55. The van der Waals surface area contributed by atoms with Crippen LogP contribution in [-0.2, 0) is 5.41 Å². The number of nitrogen functional groups attached to an aromatic ring is 1. The molecular formula is C22H29N5O3. The second-order valence-electron chi connectivity index (χ2n) is 8.01. The minimum absolute atomic E-state index is 0.0348. The van der Waals surface area contributed by atoms with Crippen LogP contribution in [0.25, 0.3) is 0 Å². The maximum Gasteiger partial charge on any atom is 0.255 e. The molecule has 0 aliphatic carbocycles. The topological polar surface area (TPSA) is 146 Å². The fourth-order valence-electron chi connectivity index (χ4n) is 2.74. The van der Waals surface area contributed by atoms with Gasteiger partial charge in [0.2, 0.25) is 0 Å². The molecule has 2 rings (SSSR count). The van der Waals surface area contributed by atoms with Crippen molar-refractivity contribution in [1.82, 2.24) is 0 Å². The van der Waals surface area contributed by atoms with Crippen LogP contribution in [0.2, 0.25) is 0 Å². The Morgan fingerprint density at radius 2 is 1.87 bits per heavy atom. The molecule has 0 radical (unpaired) electrons. The van der Waals surface area contributed by atoms with E-state index in [0.29, 0.717) is 29.0 Å². The number of carbonyl (C=O) groups is 2. The molecule has 0 unspecified atom stereocenters. The molecule has 0 aliphatic rings. The third-order valence-electron chi connectivity index (χ3n) is 4.54. The van der Waals surface area contributed by atoms with Gasteiger partial charge in [-0.2, -0.15) is 0 Å². The van der Waals surface area contributed by atoms with Gasteiger partial charge in [0.15, 0.2) is 5.96 Å². The quantitative estimate of drug-likeness (QED) is 0.181. The van der Waals surface area contributed by atoms with E-state index in [2.05, 4.69) is 31.1 Å². The Bertz CT molecular complexity index is 973. The number of aliphatic imine (C=N–C) groups is 1. The second-order valence-corrected chi connectivity index (χ2v) is 8.01. The van der Waals surface area contributed by atoms with E-state index < -0.39 is 0 Å². The SMILES string of the molecule is Cc1c(N)cc(C(C)(C)C)cc1NC(=O)c1cc(C=O)cc(OCCN=C(N)N)c1. The van der Waals surface area contributed by atoms with Gasteiger partial charge < -0.3 is 27.3 Å². The number of amides is 1. The Labute approximate surface area is 176 Å². The molecule has 0 aromatic heterocycles. The number of nitrogens with one attached hydrogen (secondary N) is 1.